The molecule has 0 radical (unpaired) electrons. The molecule has 0 bridgehead atoms. The average molecular weight is 386 g/mol. The Kier molecular flexibility index (Phi) is 6.34. The van der Waals surface area contributed by atoms with Crippen LogP contribution in [0.4, 0.5) is 0 Å². The van der Waals surface area contributed by atoms with E-state index in [4.69, 9.17) is 4.42 Å². The molecule has 1 N–H and O–H groups in total. The first-order chi connectivity index (χ1) is 13.1. The SMILES string of the molecule is CCCCCCn1c(SCc2cc(=O)c(O)co2)nc2ccccc2c1=O. The molecule has 0 aliphatic rings. The quantitative estimate of drug-likeness (QED) is 0.359. The molecule has 2 aromatic heterocycles. The second-order valence-corrected chi connectivity index (χ2v) is 7.26. The lowest BCUT2D eigenvalue weighted by Crippen LogP contribution is -2.23. The van der Waals surface area contributed by atoms with E-state index in [1.807, 2.05) is 18.2 Å². The van der Waals surface area contributed by atoms with Crippen LogP contribution in [0.1, 0.15) is 38.4 Å². The summed E-state index contributed by atoms with van der Waals surface area (Å²) < 4.78 is 6.95. The summed E-state index contributed by atoms with van der Waals surface area (Å²) in [5.74, 6) is 0.345. The summed E-state index contributed by atoms with van der Waals surface area (Å²) in [6, 6.07) is 8.56. The molecule has 0 amide bonds. The van der Waals surface area contributed by atoms with E-state index in [1.165, 1.54) is 17.8 Å². The Balaban J connectivity index is 1.90. The van der Waals surface area contributed by atoms with Crippen molar-refractivity contribution in [1.82, 2.24) is 9.55 Å². The van der Waals surface area contributed by atoms with E-state index in [1.54, 1.807) is 10.6 Å². The van der Waals surface area contributed by atoms with Gasteiger partial charge in [0, 0.05) is 12.6 Å². The van der Waals surface area contributed by atoms with E-state index < -0.39 is 11.2 Å². The molecule has 0 saturated carbocycles. The van der Waals surface area contributed by atoms with Crippen LogP contribution < -0.4 is 11.0 Å². The van der Waals surface area contributed by atoms with E-state index in [0.717, 1.165) is 31.9 Å². The maximum Gasteiger partial charge on any atom is 0.262 e. The summed E-state index contributed by atoms with van der Waals surface area (Å²) in [6.45, 7) is 2.76. The van der Waals surface area contributed by atoms with E-state index in [-0.39, 0.29) is 5.56 Å². The summed E-state index contributed by atoms with van der Waals surface area (Å²) in [6.07, 6.45) is 5.27. The topological polar surface area (TPSA) is 85.3 Å². The molecule has 0 fully saturated rings. The molecular weight excluding hydrogens is 364 g/mol. The first-order valence-electron chi connectivity index (χ1n) is 9.03. The number of nitrogens with zero attached hydrogens (tertiary/aromatic N) is 2. The molecule has 3 aromatic rings. The summed E-state index contributed by atoms with van der Waals surface area (Å²) in [4.78, 5) is 29.1. The Hall–Kier alpha value is -2.54. The first kappa shape index (κ1) is 19.2. The highest BCUT2D eigenvalue weighted by atomic mass is 32.2. The van der Waals surface area contributed by atoms with Crippen LogP contribution in [-0.4, -0.2) is 14.7 Å². The molecule has 0 unspecified atom stereocenters. The van der Waals surface area contributed by atoms with Gasteiger partial charge in [-0.15, -0.1) is 0 Å². The third-order valence-corrected chi connectivity index (χ3v) is 5.27. The van der Waals surface area contributed by atoms with Gasteiger partial charge < -0.3 is 9.52 Å². The van der Waals surface area contributed by atoms with Crippen molar-refractivity contribution in [3.63, 3.8) is 0 Å². The lowest BCUT2D eigenvalue weighted by Gasteiger charge is -2.13. The number of hydrogen-bond acceptors (Lipinski definition) is 6. The molecule has 0 aliphatic heterocycles. The van der Waals surface area contributed by atoms with Gasteiger partial charge in [0.25, 0.3) is 5.56 Å². The number of fused-ring (bicyclic) bond motifs is 1. The van der Waals surface area contributed by atoms with E-state index in [2.05, 4.69) is 11.9 Å². The second kappa shape index (κ2) is 8.90. The van der Waals surface area contributed by atoms with E-state index in [9.17, 15) is 14.7 Å². The largest absolute Gasteiger partial charge is 0.502 e. The predicted molar refractivity (Wildman–Crippen MR) is 106 cm³/mol. The van der Waals surface area contributed by atoms with Gasteiger partial charge in [-0.05, 0) is 18.6 Å². The Morgan fingerprint density at radius 3 is 2.78 bits per heavy atom. The van der Waals surface area contributed by atoms with Crippen molar-refractivity contribution >= 4 is 22.7 Å². The van der Waals surface area contributed by atoms with Crippen molar-refractivity contribution < 1.29 is 9.52 Å². The van der Waals surface area contributed by atoms with Gasteiger partial charge in [0.15, 0.2) is 10.9 Å². The predicted octanol–water partition coefficient (Wildman–Crippen LogP) is 3.93. The summed E-state index contributed by atoms with van der Waals surface area (Å²) in [7, 11) is 0. The van der Waals surface area contributed by atoms with E-state index in [0.29, 0.717) is 34.1 Å². The van der Waals surface area contributed by atoms with Gasteiger partial charge in [-0.2, -0.15) is 0 Å². The van der Waals surface area contributed by atoms with Gasteiger partial charge in [-0.25, -0.2) is 4.98 Å². The number of thioether (sulfide) groups is 1. The number of benzene rings is 1. The number of aromatic nitrogens is 2. The normalized spacial score (nSPS) is 11.1. The first-order valence-corrected chi connectivity index (χ1v) is 10.0. The van der Waals surface area contributed by atoms with Crippen LogP contribution >= 0.6 is 11.8 Å². The molecule has 0 atom stereocenters. The van der Waals surface area contributed by atoms with Crippen LogP contribution in [0, 0.1) is 0 Å². The zero-order valence-corrected chi connectivity index (χ0v) is 16.0. The lowest BCUT2D eigenvalue weighted by atomic mass is 10.2. The van der Waals surface area contributed by atoms with Crippen LogP contribution in [0.15, 0.2) is 55.8 Å². The highest BCUT2D eigenvalue weighted by Gasteiger charge is 2.12. The zero-order valence-electron chi connectivity index (χ0n) is 15.2. The van der Waals surface area contributed by atoms with E-state index >= 15 is 0 Å². The van der Waals surface area contributed by atoms with Crippen LogP contribution in [0.5, 0.6) is 5.75 Å². The van der Waals surface area contributed by atoms with Crippen molar-refractivity contribution in [3.05, 3.63) is 62.9 Å². The molecule has 0 aliphatic carbocycles. The van der Waals surface area contributed by atoms with Gasteiger partial charge in [-0.1, -0.05) is 50.1 Å². The van der Waals surface area contributed by atoms with Gasteiger partial charge in [0.05, 0.1) is 16.7 Å². The average Bonchev–Trinajstić information content (AvgIpc) is 2.68. The molecule has 3 rings (SSSR count). The number of aromatic hydroxyl groups is 1. The Morgan fingerprint density at radius 2 is 2.00 bits per heavy atom. The highest BCUT2D eigenvalue weighted by molar-refractivity contribution is 7.98. The third-order valence-electron chi connectivity index (χ3n) is 4.27. The van der Waals surface area contributed by atoms with Crippen molar-refractivity contribution in [3.8, 4) is 5.75 Å². The summed E-state index contributed by atoms with van der Waals surface area (Å²) in [5, 5.41) is 10.5. The zero-order chi connectivity index (χ0) is 19.2. The Morgan fingerprint density at radius 1 is 1.19 bits per heavy atom. The standard InChI is InChI=1S/C20H22N2O4S/c1-2-3-4-7-10-22-19(25)15-8-5-6-9-16(15)21-20(22)27-13-14-11-17(23)18(24)12-26-14/h5-6,8-9,11-12,24H,2-4,7,10,13H2,1H3. The Bertz CT molecular complexity index is 1040. The minimum atomic E-state index is -0.486. The van der Waals surface area contributed by atoms with Crippen molar-refractivity contribution in [2.75, 3.05) is 0 Å². The van der Waals surface area contributed by atoms with Crippen LogP contribution in [0.25, 0.3) is 10.9 Å². The lowest BCUT2D eigenvalue weighted by molar-refractivity contribution is 0.419. The van der Waals surface area contributed by atoms with Crippen molar-refractivity contribution in [1.29, 1.82) is 0 Å². The van der Waals surface area contributed by atoms with Gasteiger partial charge in [0.1, 0.15) is 12.0 Å². The second-order valence-electron chi connectivity index (χ2n) is 6.31. The highest BCUT2D eigenvalue weighted by Crippen LogP contribution is 2.22. The molecule has 0 spiro atoms. The fraction of sp³-hybridized carbons (Fsp3) is 0.350. The minimum absolute atomic E-state index is 0.0493. The van der Waals surface area contributed by atoms with Gasteiger partial charge in [-0.3, -0.25) is 14.2 Å². The number of rotatable bonds is 8. The van der Waals surface area contributed by atoms with Gasteiger partial charge >= 0.3 is 0 Å². The number of hydrogen-bond donors (Lipinski definition) is 1. The molecular formula is C20H22N2O4S. The molecule has 27 heavy (non-hydrogen) atoms. The monoisotopic (exact) mass is 386 g/mol. The maximum atomic E-state index is 12.9. The Labute approximate surface area is 160 Å². The number of para-hydroxylation sites is 1. The van der Waals surface area contributed by atoms with Crippen LogP contribution in [0.2, 0.25) is 0 Å². The summed E-state index contributed by atoms with van der Waals surface area (Å²) >= 11 is 1.35. The molecule has 7 heteroatoms. The van der Waals surface area contributed by atoms with Crippen molar-refractivity contribution in [2.24, 2.45) is 0 Å². The molecule has 1 aromatic carbocycles. The van der Waals surface area contributed by atoms with Gasteiger partial charge in [0.2, 0.25) is 5.43 Å². The fourth-order valence-electron chi connectivity index (χ4n) is 2.81. The molecule has 0 saturated heterocycles. The van der Waals surface area contributed by atoms with Crippen LogP contribution in [-0.2, 0) is 12.3 Å². The number of unbranched alkanes of at least 4 members (excludes halogenated alkanes) is 3. The maximum absolute atomic E-state index is 12.9. The third kappa shape index (κ3) is 4.60. The van der Waals surface area contributed by atoms with Crippen LogP contribution in [0.3, 0.4) is 0 Å². The van der Waals surface area contributed by atoms with Crippen molar-refractivity contribution in [2.45, 2.75) is 50.1 Å². The minimum Gasteiger partial charge on any atom is -0.502 e. The molecule has 142 valence electrons. The smallest absolute Gasteiger partial charge is 0.262 e. The molecule has 6 nitrogen and oxygen atoms in total. The summed E-state index contributed by atoms with van der Waals surface area (Å²) in [5.41, 5.74) is 0.119. The molecule has 2 heterocycles. The fourth-order valence-corrected chi connectivity index (χ4v) is 3.72.